The summed E-state index contributed by atoms with van der Waals surface area (Å²) in [4.78, 5) is 27.6. The van der Waals surface area contributed by atoms with Crippen LogP contribution in [0.5, 0.6) is 0 Å². The van der Waals surface area contributed by atoms with Crippen molar-refractivity contribution in [1.82, 2.24) is 29.5 Å². The highest BCUT2D eigenvalue weighted by Crippen LogP contribution is 2.27. The molecule has 26 heavy (non-hydrogen) atoms. The van der Waals surface area contributed by atoms with Crippen LogP contribution >= 0.6 is 0 Å². The standard InChI is InChI=1S/C17H25N7O2/c1-21-16-14(10-20-21)17(19-12-18-16)23-6-4-22(5-7-23)15(26)11-24(8-9-25)13-2-3-13/h10,12-13,25H,2-9,11H2,1H3. The summed E-state index contributed by atoms with van der Waals surface area (Å²) >= 11 is 0. The molecule has 0 atom stereocenters. The summed E-state index contributed by atoms with van der Waals surface area (Å²) in [5.41, 5.74) is 0.817. The smallest absolute Gasteiger partial charge is 0.236 e. The van der Waals surface area contributed by atoms with E-state index in [1.165, 1.54) is 0 Å². The summed E-state index contributed by atoms with van der Waals surface area (Å²) in [6.07, 6.45) is 5.63. The van der Waals surface area contributed by atoms with E-state index in [1.807, 2.05) is 11.9 Å². The predicted octanol–water partition coefficient (Wildman–Crippen LogP) is -0.531. The number of hydrogen-bond acceptors (Lipinski definition) is 7. The zero-order chi connectivity index (χ0) is 18.1. The lowest BCUT2D eigenvalue weighted by Gasteiger charge is -2.36. The quantitative estimate of drug-likeness (QED) is 0.741. The van der Waals surface area contributed by atoms with Gasteiger partial charge in [-0.2, -0.15) is 5.10 Å². The molecule has 2 fully saturated rings. The van der Waals surface area contributed by atoms with Crippen LogP contribution in [0.1, 0.15) is 12.8 Å². The molecule has 140 valence electrons. The van der Waals surface area contributed by atoms with Gasteiger partial charge in [0.05, 0.1) is 24.7 Å². The molecule has 0 spiro atoms. The van der Waals surface area contributed by atoms with Crippen molar-refractivity contribution < 1.29 is 9.90 Å². The number of nitrogens with zero attached hydrogens (tertiary/aromatic N) is 7. The molecule has 1 saturated carbocycles. The fourth-order valence-corrected chi connectivity index (χ4v) is 3.60. The van der Waals surface area contributed by atoms with Crippen LogP contribution in [0.2, 0.25) is 0 Å². The minimum atomic E-state index is 0.104. The first kappa shape index (κ1) is 17.2. The number of carbonyl (C=O) groups is 1. The Hall–Kier alpha value is -2.26. The molecule has 0 unspecified atom stereocenters. The van der Waals surface area contributed by atoms with Gasteiger partial charge in [0.1, 0.15) is 12.1 Å². The van der Waals surface area contributed by atoms with Crippen molar-refractivity contribution in [3.63, 3.8) is 0 Å². The molecule has 0 bridgehead atoms. The van der Waals surface area contributed by atoms with E-state index in [4.69, 9.17) is 0 Å². The van der Waals surface area contributed by atoms with E-state index in [2.05, 4.69) is 24.9 Å². The Morgan fingerprint density at radius 3 is 2.73 bits per heavy atom. The van der Waals surface area contributed by atoms with Crippen molar-refractivity contribution in [1.29, 1.82) is 0 Å². The van der Waals surface area contributed by atoms with Crippen LogP contribution in [0.15, 0.2) is 12.5 Å². The van der Waals surface area contributed by atoms with Crippen LogP contribution in [0, 0.1) is 0 Å². The van der Waals surface area contributed by atoms with Crippen molar-refractivity contribution in [3.8, 4) is 0 Å². The highest BCUT2D eigenvalue weighted by atomic mass is 16.3. The monoisotopic (exact) mass is 359 g/mol. The van der Waals surface area contributed by atoms with E-state index in [1.54, 1.807) is 17.2 Å². The normalized spacial score (nSPS) is 18.1. The van der Waals surface area contributed by atoms with Gasteiger partial charge in [-0.05, 0) is 12.8 Å². The summed E-state index contributed by atoms with van der Waals surface area (Å²) in [5, 5.41) is 14.4. The van der Waals surface area contributed by atoms with Crippen LogP contribution in [0.3, 0.4) is 0 Å². The van der Waals surface area contributed by atoms with Crippen LogP contribution in [0.4, 0.5) is 5.82 Å². The fourth-order valence-electron chi connectivity index (χ4n) is 3.60. The second kappa shape index (κ2) is 7.16. The largest absolute Gasteiger partial charge is 0.395 e. The third-order valence-electron chi connectivity index (χ3n) is 5.23. The molecule has 1 N–H and O–H groups in total. The number of piperazine rings is 1. The number of aryl methyl sites for hydroxylation is 1. The predicted molar refractivity (Wildman–Crippen MR) is 96.8 cm³/mol. The molecule has 2 aromatic heterocycles. The van der Waals surface area contributed by atoms with E-state index in [0.717, 1.165) is 42.8 Å². The average molecular weight is 359 g/mol. The Balaban J connectivity index is 1.38. The second-order valence-corrected chi connectivity index (χ2v) is 7.00. The molecule has 4 rings (SSSR count). The van der Waals surface area contributed by atoms with Gasteiger partial charge in [-0.25, -0.2) is 9.97 Å². The van der Waals surface area contributed by atoms with Gasteiger partial charge >= 0.3 is 0 Å². The molecule has 0 aromatic carbocycles. The first-order valence-corrected chi connectivity index (χ1v) is 9.17. The van der Waals surface area contributed by atoms with Crippen LogP contribution in [-0.4, -0.2) is 92.5 Å². The molecule has 1 aliphatic heterocycles. The number of fused-ring (bicyclic) bond motifs is 1. The van der Waals surface area contributed by atoms with E-state index < -0.39 is 0 Å². The molecule has 9 heteroatoms. The van der Waals surface area contributed by atoms with Crippen LogP contribution < -0.4 is 4.90 Å². The summed E-state index contributed by atoms with van der Waals surface area (Å²) in [6.45, 7) is 3.95. The highest BCUT2D eigenvalue weighted by molar-refractivity contribution is 5.87. The van der Waals surface area contributed by atoms with Crippen molar-refractivity contribution in [2.45, 2.75) is 18.9 Å². The van der Waals surface area contributed by atoms with Crippen molar-refractivity contribution in [2.24, 2.45) is 7.05 Å². The molecule has 2 aromatic rings. The van der Waals surface area contributed by atoms with Gasteiger partial charge in [0.25, 0.3) is 0 Å². The topological polar surface area (TPSA) is 90.6 Å². The number of aliphatic hydroxyl groups excluding tert-OH is 1. The first-order valence-electron chi connectivity index (χ1n) is 9.17. The van der Waals surface area contributed by atoms with E-state index >= 15 is 0 Å². The lowest BCUT2D eigenvalue weighted by atomic mass is 10.2. The van der Waals surface area contributed by atoms with Gasteiger partial charge in [-0.15, -0.1) is 0 Å². The molecular formula is C17H25N7O2. The maximum atomic E-state index is 12.6. The SMILES string of the molecule is Cn1ncc2c(N3CCN(C(=O)CN(CCO)C4CC4)CC3)ncnc21. The first-order chi connectivity index (χ1) is 12.7. The number of aromatic nitrogens is 4. The summed E-state index contributed by atoms with van der Waals surface area (Å²) < 4.78 is 1.74. The Bertz CT molecular complexity index is 781. The van der Waals surface area contributed by atoms with E-state index in [-0.39, 0.29) is 12.5 Å². The Morgan fingerprint density at radius 1 is 1.27 bits per heavy atom. The van der Waals surface area contributed by atoms with Gasteiger partial charge in [-0.3, -0.25) is 14.4 Å². The number of hydrogen-bond donors (Lipinski definition) is 1. The summed E-state index contributed by atoms with van der Waals surface area (Å²) in [6, 6.07) is 0.479. The molecule has 1 amide bonds. The Labute approximate surface area is 152 Å². The third kappa shape index (κ3) is 3.36. The second-order valence-electron chi connectivity index (χ2n) is 7.00. The Morgan fingerprint density at radius 2 is 2.04 bits per heavy atom. The molecular weight excluding hydrogens is 334 g/mol. The van der Waals surface area contributed by atoms with Gasteiger partial charge in [0.15, 0.2) is 5.65 Å². The number of carbonyl (C=O) groups excluding carboxylic acids is 1. The third-order valence-corrected chi connectivity index (χ3v) is 5.23. The number of rotatable bonds is 6. The number of aliphatic hydroxyl groups is 1. The minimum Gasteiger partial charge on any atom is -0.395 e. The lowest BCUT2D eigenvalue weighted by Crippen LogP contribution is -2.52. The molecule has 1 saturated heterocycles. The van der Waals surface area contributed by atoms with Crippen molar-refractivity contribution >= 4 is 22.8 Å². The lowest BCUT2D eigenvalue weighted by molar-refractivity contribution is -0.133. The maximum Gasteiger partial charge on any atom is 0.236 e. The summed E-state index contributed by atoms with van der Waals surface area (Å²) in [7, 11) is 1.87. The Kier molecular flexibility index (Phi) is 4.73. The van der Waals surface area contributed by atoms with Gasteiger partial charge in [-0.1, -0.05) is 0 Å². The molecule has 3 heterocycles. The van der Waals surface area contributed by atoms with Gasteiger partial charge in [0.2, 0.25) is 5.91 Å². The van der Waals surface area contributed by atoms with Gasteiger partial charge in [0, 0.05) is 45.8 Å². The number of amides is 1. The average Bonchev–Trinajstić information content (AvgIpc) is 3.45. The molecule has 1 aliphatic carbocycles. The molecule has 0 radical (unpaired) electrons. The minimum absolute atomic E-state index is 0.104. The highest BCUT2D eigenvalue weighted by Gasteiger charge is 2.32. The number of anilines is 1. The zero-order valence-corrected chi connectivity index (χ0v) is 15.1. The molecule has 2 aliphatic rings. The maximum absolute atomic E-state index is 12.6. The van der Waals surface area contributed by atoms with E-state index in [9.17, 15) is 9.90 Å². The molecule has 9 nitrogen and oxygen atoms in total. The van der Waals surface area contributed by atoms with E-state index in [0.29, 0.717) is 32.2 Å². The fraction of sp³-hybridized carbons (Fsp3) is 0.647. The van der Waals surface area contributed by atoms with Crippen molar-refractivity contribution in [2.75, 3.05) is 50.8 Å². The van der Waals surface area contributed by atoms with Gasteiger partial charge < -0.3 is 14.9 Å². The summed E-state index contributed by atoms with van der Waals surface area (Å²) in [5.74, 6) is 1.04. The van der Waals surface area contributed by atoms with Crippen LogP contribution in [-0.2, 0) is 11.8 Å². The van der Waals surface area contributed by atoms with Crippen molar-refractivity contribution in [3.05, 3.63) is 12.5 Å². The van der Waals surface area contributed by atoms with Crippen LogP contribution in [0.25, 0.3) is 11.0 Å². The zero-order valence-electron chi connectivity index (χ0n) is 15.1.